The van der Waals surface area contributed by atoms with E-state index in [0.717, 1.165) is 21.4 Å². The normalized spacial score (nSPS) is 10.2. The number of benzene rings is 2. The van der Waals surface area contributed by atoms with Crippen LogP contribution in [0, 0.1) is 13.8 Å². The zero-order chi connectivity index (χ0) is 14.5. The summed E-state index contributed by atoms with van der Waals surface area (Å²) in [5.41, 5.74) is 4.05. The third-order valence-electron chi connectivity index (χ3n) is 2.97. The molecule has 0 saturated heterocycles. The average Bonchev–Trinajstić information content (AvgIpc) is 2.42. The minimum absolute atomic E-state index is 0.0618. The quantitative estimate of drug-likeness (QED) is 0.884. The van der Waals surface area contributed by atoms with Gasteiger partial charge in [-0.05, 0) is 43.7 Å². The lowest BCUT2D eigenvalue weighted by Crippen LogP contribution is -2.22. The summed E-state index contributed by atoms with van der Waals surface area (Å²) in [7, 11) is 0. The van der Waals surface area contributed by atoms with Crippen molar-refractivity contribution in [1.29, 1.82) is 0 Å². The van der Waals surface area contributed by atoms with E-state index < -0.39 is 0 Å². The second kappa shape index (κ2) is 6.57. The molecule has 0 bridgehead atoms. The molecular formula is C16H17BrN2O. The molecule has 3 nitrogen and oxygen atoms in total. The van der Waals surface area contributed by atoms with Crippen molar-refractivity contribution in [2.45, 2.75) is 13.8 Å². The number of carbonyl (C=O) groups is 1. The predicted molar refractivity (Wildman–Crippen MR) is 87.2 cm³/mol. The van der Waals surface area contributed by atoms with Gasteiger partial charge in [-0.15, -0.1) is 0 Å². The summed E-state index contributed by atoms with van der Waals surface area (Å²) in [5.74, 6) is -0.0618. The lowest BCUT2D eigenvalue weighted by molar-refractivity contribution is -0.114. The first-order valence-electron chi connectivity index (χ1n) is 6.41. The van der Waals surface area contributed by atoms with Gasteiger partial charge in [-0.3, -0.25) is 4.79 Å². The first-order chi connectivity index (χ1) is 9.54. The van der Waals surface area contributed by atoms with Crippen LogP contribution in [0.4, 0.5) is 11.4 Å². The SMILES string of the molecule is Cc1ccc(NC(=O)CNc2cc(Br)ccc2C)cc1. The Morgan fingerprint density at radius 3 is 2.50 bits per heavy atom. The van der Waals surface area contributed by atoms with E-state index in [1.807, 2.05) is 56.3 Å². The molecule has 1 amide bonds. The fraction of sp³-hybridized carbons (Fsp3) is 0.188. The van der Waals surface area contributed by atoms with Gasteiger partial charge in [-0.25, -0.2) is 0 Å². The molecule has 2 N–H and O–H groups in total. The molecule has 4 heteroatoms. The maximum Gasteiger partial charge on any atom is 0.243 e. The van der Waals surface area contributed by atoms with Crippen molar-refractivity contribution in [3.05, 3.63) is 58.1 Å². The molecule has 0 aliphatic rings. The predicted octanol–water partition coefficient (Wildman–Crippen LogP) is 4.12. The molecule has 0 aliphatic carbocycles. The van der Waals surface area contributed by atoms with E-state index in [4.69, 9.17) is 0 Å². The van der Waals surface area contributed by atoms with Crippen molar-refractivity contribution in [2.75, 3.05) is 17.2 Å². The fourth-order valence-electron chi connectivity index (χ4n) is 1.80. The summed E-state index contributed by atoms with van der Waals surface area (Å²) < 4.78 is 0.990. The van der Waals surface area contributed by atoms with Crippen LogP contribution in [0.3, 0.4) is 0 Å². The number of nitrogens with one attached hydrogen (secondary N) is 2. The Kier molecular flexibility index (Phi) is 4.79. The van der Waals surface area contributed by atoms with Crippen LogP contribution in [-0.4, -0.2) is 12.5 Å². The van der Waals surface area contributed by atoms with Crippen LogP contribution in [0.25, 0.3) is 0 Å². The third-order valence-corrected chi connectivity index (χ3v) is 3.47. The zero-order valence-corrected chi connectivity index (χ0v) is 13.1. The Morgan fingerprint density at radius 2 is 1.80 bits per heavy atom. The van der Waals surface area contributed by atoms with E-state index in [2.05, 4.69) is 26.6 Å². The largest absolute Gasteiger partial charge is 0.376 e. The summed E-state index contributed by atoms with van der Waals surface area (Å²) in [6.07, 6.45) is 0. The number of carbonyl (C=O) groups excluding carboxylic acids is 1. The molecule has 0 fully saturated rings. The molecule has 20 heavy (non-hydrogen) atoms. The Morgan fingerprint density at radius 1 is 1.10 bits per heavy atom. The number of rotatable bonds is 4. The highest BCUT2D eigenvalue weighted by molar-refractivity contribution is 9.10. The number of halogens is 1. The first kappa shape index (κ1) is 14.6. The van der Waals surface area contributed by atoms with Crippen LogP contribution in [0.15, 0.2) is 46.9 Å². The van der Waals surface area contributed by atoms with Gasteiger partial charge < -0.3 is 10.6 Å². The molecule has 0 aromatic heterocycles. The molecule has 0 heterocycles. The number of anilines is 2. The molecular weight excluding hydrogens is 316 g/mol. The van der Waals surface area contributed by atoms with Crippen LogP contribution in [0.2, 0.25) is 0 Å². The van der Waals surface area contributed by atoms with E-state index in [1.165, 1.54) is 5.56 Å². The van der Waals surface area contributed by atoms with Gasteiger partial charge in [0.2, 0.25) is 5.91 Å². The van der Waals surface area contributed by atoms with Crippen LogP contribution in [0.1, 0.15) is 11.1 Å². The maximum absolute atomic E-state index is 11.9. The second-order valence-electron chi connectivity index (χ2n) is 4.73. The molecule has 2 aromatic carbocycles. The van der Waals surface area contributed by atoms with Crippen LogP contribution >= 0.6 is 15.9 Å². The second-order valence-corrected chi connectivity index (χ2v) is 5.64. The molecule has 0 atom stereocenters. The number of hydrogen-bond acceptors (Lipinski definition) is 2. The van der Waals surface area contributed by atoms with Gasteiger partial charge >= 0.3 is 0 Å². The summed E-state index contributed by atoms with van der Waals surface area (Å²) in [4.78, 5) is 11.9. The number of aryl methyl sites for hydroxylation is 2. The van der Waals surface area contributed by atoms with E-state index in [-0.39, 0.29) is 12.5 Å². The van der Waals surface area contributed by atoms with E-state index in [0.29, 0.717) is 0 Å². The van der Waals surface area contributed by atoms with Crippen molar-refractivity contribution in [3.8, 4) is 0 Å². The van der Waals surface area contributed by atoms with E-state index in [9.17, 15) is 4.79 Å². The van der Waals surface area contributed by atoms with Gasteiger partial charge in [-0.2, -0.15) is 0 Å². The van der Waals surface area contributed by atoms with Gasteiger partial charge in [0.25, 0.3) is 0 Å². The highest BCUT2D eigenvalue weighted by atomic mass is 79.9. The molecule has 104 valence electrons. The van der Waals surface area contributed by atoms with Crippen molar-refractivity contribution in [1.82, 2.24) is 0 Å². The van der Waals surface area contributed by atoms with Crippen molar-refractivity contribution in [3.63, 3.8) is 0 Å². The smallest absolute Gasteiger partial charge is 0.243 e. The Balaban J connectivity index is 1.92. The van der Waals surface area contributed by atoms with Gasteiger partial charge in [0.15, 0.2) is 0 Å². The molecule has 0 unspecified atom stereocenters. The van der Waals surface area contributed by atoms with Crippen molar-refractivity contribution < 1.29 is 4.79 Å². The highest BCUT2D eigenvalue weighted by Gasteiger charge is 2.04. The molecule has 2 aromatic rings. The molecule has 0 radical (unpaired) electrons. The Bertz CT molecular complexity index is 608. The third kappa shape index (κ3) is 4.10. The Hall–Kier alpha value is -1.81. The van der Waals surface area contributed by atoms with Gasteiger partial charge in [0, 0.05) is 15.8 Å². The lowest BCUT2D eigenvalue weighted by atomic mass is 10.2. The zero-order valence-electron chi connectivity index (χ0n) is 11.5. The van der Waals surface area contributed by atoms with Crippen LogP contribution < -0.4 is 10.6 Å². The summed E-state index contributed by atoms with van der Waals surface area (Å²) in [5, 5.41) is 6.00. The molecule has 0 spiro atoms. The number of amides is 1. The van der Waals surface area contributed by atoms with E-state index >= 15 is 0 Å². The monoisotopic (exact) mass is 332 g/mol. The number of hydrogen-bond donors (Lipinski definition) is 2. The van der Waals surface area contributed by atoms with Crippen LogP contribution in [0.5, 0.6) is 0 Å². The molecule has 0 saturated carbocycles. The molecule has 2 rings (SSSR count). The summed E-state index contributed by atoms with van der Waals surface area (Å²) in [6, 6.07) is 13.7. The van der Waals surface area contributed by atoms with Gasteiger partial charge in [0.05, 0.1) is 6.54 Å². The van der Waals surface area contributed by atoms with Crippen molar-refractivity contribution >= 4 is 33.2 Å². The van der Waals surface area contributed by atoms with Gasteiger partial charge in [-0.1, -0.05) is 39.7 Å². The minimum atomic E-state index is -0.0618. The standard InChI is InChI=1S/C16H17BrN2O/c1-11-3-7-14(8-4-11)19-16(20)10-18-15-9-13(17)6-5-12(15)2/h3-9,18H,10H2,1-2H3,(H,19,20). The van der Waals surface area contributed by atoms with Gasteiger partial charge in [0.1, 0.15) is 0 Å². The first-order valence-corrected chi connectivity index (χ1v) is 7.20. The van der Waals surface area contributed by atoms with Crippen LogP contribution in [-0.2, 0) is 4.79 Å². The summed E-state index contributed by atoms with van der Waals surface area (Å²) >= 11 is 3.42. The highest BCUT2D eigenvalue weighted by Crippen LogP contribution is 2.20. The minimum Gasteiger partial charge on any atom is -0.376 e. The average molecular weight is 333 g/mol. The lowest BCUT2D eigenvalue weighted by Gasteiger charge is -2.10. The fourth-order valence-corrected chi connectivity index (χ4v) is 2.16. The van der Waals surface area contributed by atoms with Crippen molar-refractivity contribution in [2.24, 2.45) is 0 Å². The van der Waals surface area contributed by atoms with E-state index in [1.54, 1.807) is 0 Å². The summed E-state index contributed by atoms with van der Waals surface area (Å²) in [6.45, 7) is 4.26. The topological polar surface area (TPSA) is 41.1 Å². The molecule has 0 aliphatic heterocycles. The Labute approximate surface area is 127 Å². The maximum atomic E-state index is 11.9.